The molecule has 0 rings (SSSR count). The van der Waals surface area contributed by atoms with Crippen molar-refractivity contribution in [3.05, 3.63) is 0 Å². The van der Waals surface area contributed by atoms with Gasteiger partial charge in [0.25, 0.3) is 0 Å². The Bertz CT molecular complexity index is 122. The van der Waals surface area contributed by atoms with E-state index in [0.29, 0.717) is 0 Å². The largest absolute Gasteiger partial charge is 0.394 e. The van der Waals surface area contributed by atoms with Gasteiger partial charge >= 0.3 is 0 Å². The minimum absolute atomic E-state index is 0.496. The van der Waals surface area contributed by atoms with Crippen LogP contribution in [-0.4, -0.2) is 56.7 Å². The van der Waals surface area contributed by atoms with Gasteiger partial charge in [0.2, 0.25) is 0 Å². The van der Waals surface area contributed by atoms with Crippen LogP contribution in [0.25, 0.3) is 0 Å². The van der Waals surface area contributed by atoms with E-state index in [1.807, 2.05) is 0 Å². The van der Waals surface area contributed by atoms with Crippen molar-refractivity contribution in [2.75, 3.05) is 13.2 Å². The summed E-state index contributed by atoms with van der Waals surface area (Å²) in [6.07, 6.45) is -2.30. The highest BCUT2D eigenvalue weighted by atomic mass is 32.1. The maximum Gasteiger partial charge on any atom is 0.130 e. The molecule has 0 aromatic rings. The number of hydrogen-bond acceptors (Lipinski definition) is 7. The highest BCUT2D eigenvalue weighted by Crippen LogP contribution is 2.12. The summed E-state index contributed by atoms with van der Waals surface area (Å²) in [7, 11) is 0. The molecule has 0 amide bonds. The first kappa shape index (κ1) is 13.5. The Morgan fingerprint density at radius 3 is 1.46 bits per heavy atom. The summed E-state index contributed by atoms with van der Waals surface area (Å²) in [6, 6.07) is 0. The van der Waals surface area contributed by atoms with Gasteiger partial charge in [0.05, 0.1) is 13.2 Å². The van der Waals surface area contributed by atoms with Gasteiger partial charge in [0.15, 0.2) is 0 Å². The van der Waals surface area contributed by atoms with Crippen LogP contribution in [0.5, 0.6) is 0 Å². The van der Waals surface area contributed by atoms with E-state index in [1.54, 1.807) is 0 Å². The molecular formula is C6H14O5S2. The lowest BCUT2D eigenvalue weighted by molar-refractivity contribution is -0.0641. The second-order valence-corrected chi connectivity index (χ2v) is 3.43. The van der Waals surface area contributed by atoms with Crippen LogP contribution in [0.2, 0.25) is 0 Å². The molecule has 0 radical (unpaired) electrons. The topological polar surface area (TPSA) is 90.2 Å². The summed E-state index contributed by atoms with van der Waals surface area (Å²) in [6.45, 7) is -0.992. The predicted octanol–water partition coefficient (Wildman–Crippen LogP) is -1.78. The Morgan fingerprint density at radius 2 is 1.23 bits per heavy atom. The molecule has 7 heteroatoms. The minimum atomic E-state index is -1.15. The molecule has 0 spiro atoms. The average Bonchev–Trinajstić information content (AvgIpc) is 2.14. The van der Waals surface area contributed by atoms with Crippen molar-refractivity contribution in [3.8, 4) is 0 Å². The van der Waals surface area contributed by atoms with E-state index in [2.05, 4.69) is 25.3 Å². The Morgan fingerprint density at radius 1 is 0.923 bits per heavy atom. The van der Waals surface area contributed by atoms with Gasteiger partial charge in [-0.05, 0) is 0 Å². The molecule has 80 valence electrons. The van der Waals surface area contributed by atoms with Gasteiger partial charge in [-0.1, -0.05) is 0 Å². The Balaban J connectivity index is 3.83. The number of rotatable bonds is 6. The van der Waals surface area contributed by atoms with Gasteiger partial charge in [-0.2, -0.15) is 0 Å². The first-order chi connectivity index (χ1) is 6.02. The minimum Gasteiger partial charge on any atom is -0.394 e. The SMILES string of the molecule is OCC(O)C(S)OC(S)C(O)CO. The third-order valence-corrected chi connectivity index (χ3v) is 2.24. The second-order valence-electron chi connectivity index (χ2n) is 2.42. The van der Waals surface area contributed by atoms with Crippen LogP contribution in [0.15, 0.2) is 0 Å². The monoisotopic (exact) mass is 230 g/mol. The first-order valence-electron chi connectivity index (χ1n) is 3.62. The number of aliphatic hydroxyl groups excluding tert-OH is 4. The number of thiol groups is 2. The summed E-state index contributed by atoms with van der Waals surface area (Å²) in [4.78, 5) is 0. The summed E-state index contributed by atoms with van der Waals surface area (Å²) in [5, 5.41) is 35.0. The quantitative estimate of drug-likeness (QED) is 0.240. The van der Waals surface area contributed by atoms with Gasteiger partial charge < -0.3 is 25.2 Å². The van der Waals surface area contributed by atoms with Crippen molar-refractivity contribution in [2.24, 2.45) is 0 Å². The van der Waals surface area contributed by atoms with Gasteiger partial charge in [0.1, 0.15) is 23.1 Å². The molecule has 5 nitrogen and oxygen atoms in total. The van der Waals surface area contributed by atoms with E-state index >= 15 is 0 Å². The average molecular weight is 230 g/mol. The molecule has 4 unspecified atom stereocenters. The highest BCUT2D eigenvalue weighted by molar-refractivity contribution is 7.81. The smallest absolute Gasteiger partial charge is 0.130 e. The van der Waals surface area contributed by atoms with Crippen LogP contribution < -0.4 is 0 Å². The van der Waals surface area contributed by atoms with Crippen molar-refractivity contribution in [3.63, 3.8) is 0 Å². The third-order valence-electron chi connectivity index (χ3n) is 1.31. The van der Waals surface area contributed by atoms with E-state index in [4.69, 9.17) is 25.2 Å². The molecular weight excluding hydrogens is 216 g/mol. The molecule has 0 aliphatic rings. The summed E-state index contributed by atoms with van der Waals surface area (Å²) in [5.41, 5.74) is -1.90. The van der Waals surface area contributed by atoms with Crippen molar-refractivity contribution < 1.29 is 25.2 Å². The Kier molecular flexibility index (Phi) is 7.15. The Hall–Kier alpha value is 0.500. The second kappa shape index (κ2) is 6.88. The van der Waals surface area contributed by atoms with E-state index in [-0.39, 0.29) is 0 Å². The van der Waals surface area contributed by atoms with Crippen LogP contribution >= 0.6 is 25.3 Å². The lowest BCUT2D eigenvalue weighted by atomic mass is 10.4. The lowest BCUT2D eigenvalue weighted by Gasteiger charge is -2.23. The fourth-order valence-corrected chi connectivity index (χ4v) is 1.05. The zero-order valence-corrected chi connectivity index (χ0v) is 8.60. The fourth-order valence-electron chi connectivity index (χ4n) is 0.505. The van der Waals surface area contributed by atoms with Gasteiger partial charge in [-0.25, -0.2) is 0 Å². The van der Waals surface area contributed by atoms with Crippen molar-refractivity contribution in [1.82, 2.24) is 0 Å². The molecule has 0 saturated heterocycles. The Labute approximate surface area is 87.2 Å². The zero-order valence-electron chi connectivity index (χ0n) is 6.82. The van der Waals surface area contributed by atoms with Crippen LogP contribution in [0, 0.1) is 0 Å². The van der Waals surface area contributed by atoms with E-state index < -0.39 is 36.3 Å². The molecule has 0 saturated carbocycles. The van der Waals surface area contributed by atoms with Gasteiger partial charge in [-0.15, -0.1) is 25.3 Å². The molecule has 0 bridgehead atoms. The molecule has 13 heavy (non-hydrogen) atoms. The summed E-state index contributed by atoms with van der Waals surface area (Å²) in [5.74, 6) is 0. The fraction of sp³-hybridized carbons (Fsp3) is 1.00. The molecule has 0 aliphatic carbocycles. The molecule has 0 aromatic carbocycles. The van der Waals surface area contributed by atoms with Crippen LogP contribution in [0.4, 0.5) is 0 Å². The normalized spacial score (nSPS) is 20.8. The molecule has 4 N–H and O–H groups in total. The number of hydrogen-bond donors (Lipinski definition) is 6. The zero-order chi connectivity index (χ0) is 10.4. The van der Waals surface area contributed by atoms with Crippen molar-refractivity contribution >= 4 is 25.3 Å². The van der Waals surface area contributed by atoms with Crippen LogP contribution in [0.3, 0.4) is 0 Å². The van der Waals surface area contributed by atoms with Gasteiger partial charge in [-0.3, -0.25) is 0 Å². The first-order valence-corrected chi connectivity index (χ1v) is 4.65. The third kappa shape index (κ3) is 5.06. The summed E-state index contributed by atoms with van der Waals surface area (Å²) < 4.78 is 4.86. The summed E-state index contributed by atoms with van der Waals surface area (Å²) >= 11 is 7.61. The standard InChI is InChI=1S/C6H14O5S2/c7-1-3(9)5(12)11-6(13)4(10)2-8/h3-10,12-13H,1-2H2. The molecule has 0 fully saturated rings. The van der Waals surface area contributed by atoms with E-state index in [1.165, 1.54) is 0 Å². The van der Waals surface area contributed by atoms with E-state index in [9.17, 15) is 0 Å². The van der Waals surface area contributed by atoms with Crippen LogP contribution in [0.1, 0.15) is 0 Å². The molecule has 0 heterocycles. The van der Waals surface area contributed by atoms with E-state index in [0.717, 1.165) is 0 Å². The predicted molar refractivity (Wildman–Crippen MR) is 52.8 cm³/mol. The number of ether oxygens (including phenoxy) is 1. The lowest BCUT2D eigenvalue weighted by Crippen LogP contribution is -2.35. The van der Waals surface area contributed by atoms with Gasteiger partial charge in [0, 0.05) is 0 Å². The van der Waals surface area contributed by atoms with Crippen LogP contribution in [-0.2, 0) is 4.74 Å². The maximum absolute atomic E-state index is 9.00. The number of aliphatic hydroxyl groups is 4. The highest BCUT2D eigenvalue weighted by Gasteiger charge is 2.22. The molecule has 0 aliphatic heterocycles. The molecule has 4 atom stereocenters. The van der Waals surface area contributed by atoms with Crippen molar-refractivity contribution in [2.45, 2.75) is 23.1 Å². The molecule has 0 aromatic heterocycles. The van der Waals surface area contributed by atoms with Crippen molar-refractivity contribution in [1.29, 1.82) is 0 Å². The maximum atomic E-state index is 9.00.